The van der Waals surface area contributed by atoms with E-state index < -0.39 is 27.7 Å². The van der Waals surface area contributed by atoms with Crippen LogP contribution in [-0.4, -0.2) is 25.6 Å². The topological polar surface area (TPSA) is 73.3 Å². The second-order valence-electron chi connectivity index (χ2n) is 6.01. The predicted molar refractivity (Wildman–Crippen MR) is 102 cm³/mol. The Morgan fingerprint density at radius 1 is 1.11 bits per heavy atom. The van der Waals surface area contributed by atoms with Gasteiger partial charge >= 0.3 is 5.97 Å². The number of sulfone groups is 1. The Labute approximate surface area is 166 Å². The van der Waals surface area contributed by atoms with Crippen LogP contribution in [0.5, 0.6) is 0 Å². The lowest BCUT2D eigenvalue weighted by molar-refractivity contribution is 0.0370. The Kier molecular flexibility index (Phi) is 5.76. The van der Waals surface area contributed by atoms with Gasteiger partial charge in [-0.25, -0.2) is 17.6 Å². The first-order chi connectivity index (χ1) is 13.3. The lowest BCUT2D eigenvalue weighted by Gasteiger charge is -2.18. The van der Waals surface area contributed by atoms with Gasteiger partial charge in [0.2, 0.25) is 0 Å². The van der Waals surface area contributed by atoms with Crippen molar-refractivity contribution >= 4 is 27.4 Å². The fraction of sp³-hybridized carbons (Fsp3) is 0.100. The molecule has 0 amide bonds. The minimum Gasteiger partial charge on any atom is -0.447 e. The van der Waals surface area contributed by atoms with E-state index in [0.29, 0.717) is 11.3 Å². The molecule has 1 heterocycles. The van der Waals surface area contributed by atoms with Crippen molar-refractivity contribution in [2.75, 3.05) is 6.26 Å². The van der Waals surface area contributed by atoms with Crippen LogP contribution in [0.3, 0.4) is 0 Å². The highest BCUT2D eigenvalue weighted by Gasteiger charge is 2.23. The largest absolute Gasteiger partial charge is 0.447 e. The average molecular weight is 420 g/mol. The summed E-state index contributed by atoms with van der Waals surface area (Å²) < 4.78 is 42.9. The third-order valence-electron chi connectivity index (χ3n) is 3.90. The Morgan fingerprint density at radius 3 is 2.54 bits per heavy atom. The lowest BCUT2D eigenvalue weighted by atomic mass is 10.1. The molecule has 8 heteroatoms. The Bertz CT molecular complexity index is 1120. The molecule has 144 valence electrons. The molecule has 0 fully saturated rings. The minimum absolute atomic E-state index is 0.00200. The number of pyridine rings is 1. The van der Waals surface area contributed by atoms with E-state index in [-0.39, 0.29) is 15.5 Å². The average Bonchev–Trinajstić information content (AvgIpc) is 2.66. The maximum atomic E-state index is 13.7. The van der Waals surface area contributed by atoms with Crippen LogP contribution >= 0.6 is 11.6 Å². The highest BCUT2D eigenvalue weighted by molar-refractivity contribution is 7.90. The maximum absolute atomic E-state index is 13.7. The number of carbonyl (C=O) groups is 1. The number of carbonyl (C=O) groups excluding carboxylic acids is 1. The molecule has 0 N–H and O–H groups in total. The molecule has 0 aliphatic heterocycles. The fourth-order valence-electron chi connectivity index (χ4n) is 2.59. The first kappa shape index (κ1) is 20.0. The van der Waals surface area contributed by atoms with Crippen LogP contribution in [0.2, 0.25) is 5.02 Å². The summed E-state index contributed by atoms with van der Waals surface area (Å²) >= 11 is 5.92. The number of esters is 1. The van der Waals surface area contributed by atoms with Gasteiger partial charge in [-0.05, 0) is 42.5 Å². The summed E-state index contributed by atoms with van der Waals surface area (Å²) in [6, 6.07) is 14.5. The molecule has 0 radical (unpaired) electrons. The Morgan fingerprint density at radius 2 is 1.89 bits per heavy atom. The number of nitrogens with zero attached hydrogens (tertiary/aromatic N) is 1. The molecule has 0 saturated heterocycles. The molecule has 1 atom stereocenters. The summed E-state index contributed by atoms with van der Waals surface area (Å²) in [7, 11) is -3.63. The van der Waals surface area contributed by atoms with Crippen LogP contribution < -0.4 is 0 Å². The third-order valence-corrected chi connectivity index (χ3v) is 5.48. The molecule has 3 aromatic rings. The zero-order chi connectivity index (χ0) is 20.3. The number of benzene rings is 2. The molecular weight excluding hydrogens is 405 g/mol. The van der Waals surface area contributed by atoms with Gasteiger partial charge < -0.3 is 4.74 Å². The van der Waals surface area contributed by atoms with Crippen LogP contribution in [0, 0.1) is 5.82 Å². The van der Waals surface area contributed by atoms with E-state index >= 15 is 0 Å². The van der Waals surface area contributed by atoms with Crippen molar-refractivity contribution in [2.45, 2.75) is 11.0 Å². The molecule has 5 nitrogen and oxygen atoms in total. The Hall–Kier alpha value is -2.77. The summed E-state index contributed by atoms with van der Waals surface area (Å²) in [5.41, 5.74) is 0.797. The minimum atomic E-state index is -3.63. The zero-order valence-corrected chi connectivity index (χ0v) is 16.2. The SMILES string of the molecule is CS(=O)(=O)c1cc(C(=O)OC(c2cccc(F)c2)c2ccccn2)ccc1Cl. The molecule has 0 aliphatic carbocycles. The van der Waals surface area contributed by atoms with E-state index in [1.54, 1.807) is 24.3 Å². The van der Waals surface area contributed by atoms with Gasteiger partial charge in [-0.15, -0.1) is 0 Å². The molecule has 1 unspecified atom stereocenters. The van der Waals surface area contributed by atoms with Crippen molar-refractivity contribution in [1.82, 2.24) is 4.98 Å². The van der Waals surface area contributed by atoms with Gasteiger partial charge in [0.05, 0.1) is 21.2 Å². The van der Waals surface area contributed by atoms with E-state index in [1.807, 2.05) is 0 Å². The van der Waals surface area contributed by atoms with E-state index in [4.69, 9.17) is 16.3 Å². The van der Waals surface area contributed by atoms with E-state index in [9.17, 15) is 17.6 Å². The van der Waals surface area contributed by atoms with Gasteiger partial charge in [0.15, 0.2) is 15.9 Å². The van der Waals surface area contributed by atoms with Crippen LogP contribution in [0.25, 0.3) is 0 Å². The number of hydrogen-bond acceptors (Lipinski definition) is 5. The van der Waals surface area contributed by atoms with Crippen molar-refractivity contribution in [2.24, 2.45) is 0 Å². The number of rotatable bonds is 5. The number of hydrogen-bond donors (Lipinski definition) is 0. The lowest BCUT2D eigenvalue weighted by Crippen LogP contribution is -2.15. The summed E-state index contributed by atoms with van der Waals surface area (Å²) in [5.74, 6) is -1.28. The summed E-state index contributed by atoms with van der Waals surface area (Å²) in [4.78, 5) is 16.7. The molecule has 0 bridgehead atoms. The molecule has 1 aromatic heterocycles. The molecular formula is C20H15ClFNO4S. The van der Waals surface area contributed by atoms with Crippen LogP contribution in [0.4, 0.5) is 4.39 Å². The van der Waals surface area contributed by atoms with Gasteiger partial charge in [0.25, 0.3) is 0 Å². The van der Waals surface area contributed by atoms with E-state index in [0.717, 1.165) is 12.3 Å². The fourth-order valence-corrected chi connectivity index (χ4v) is 3.89. The second-order valence-corrected chi connectivity index (χ2v) is 8.40. The molecule has 0 saturated carbocycles. The van der Waals surface area contributed by atoms with Gasteiger partial charge in [0, 0.05) is 18.0 Å². The van der Waals surface area contributed by atoms with Crippen LogP contribution in [0.15, 0.2) is 71.8 Å². The summed E-state index contributed by atoms with van der Waals surface area (Å²) in [5, 5.41) is 0.00505. The van der Waals surface area contributed by atoms with Gasteiger partial charge in [-0.3, -0.25) is 4.98 Å². The molecule has 28 heavy (non-hydrogen) atoms. The molecule has 2 aromatic carbocycles. The van der Waals surface area contributed by atoms with Crippen molar-refractivity contribution in [3.8, 4) is 0 Å². The molecule has 0 spiro atoms. The number of ether oxygens (including phenoxy) is 1. The van der Waals surface area contributed by atoms with Crippen molar-refractivity contribution in [3.63, 3.8) is 0 Å². The van der Waals surface area contributed by atoms with Crippen LogP contribution in [-0.2, 0) is 14.6 Å². The smallest absolute Gasteiger partial charge is 0.339 e. The number of halogens is 2. The van der Waals surface area contributed by atoms with Gasteiger partial charge in [-0.1, -0.05) is 29.8 Å². The number of aromatic nitrogens is 1. The Balaban J connectivity index is 1.99. The standard InChI is InChI=1S/C20H15ClFNO4S/c1-28(25,26)18-12-14(8-9-16(18)21)20(24)27-19(17-7-2-3-10-23-17)13-5-4-6-15(22)11-13/h2-12,19H,1H3. The molecule has 0 aliphatic rings. The first-order valence-corrected chi connectivity index (χ1v) is 10.4. The van der Waals surface area contributed by atoms with Gasteiger partial charge in [0.1, 0.15) is 5.82 Å². The monoisotopic (exact) mass is 419 g/mol. The van der Waals surface area contributed by atoms with Crippen molar-refractivity contribution in [3.05, 3.63) is 94.5 Å². The quantitative estimate of drug-likeness (QED) is 0.579. The first-order valence-electron chi connectivity index (χ1n) is 8.12. The zero-order valence-electron chi connectivity index (χ0n) is 14.7. The summed E-state index contributed by atoms with van der Waals surface area (Å²) in [6.45, 7) is 0. The normalized spacial score (nSPS) is 12.4. The van der Waals surface area contributed by atoms with Crippen molar-refractivity contribution in [1.29, 1.82) is 0 Å². The van der Waals surface area contributed by atoms with Crippen LogP contribution in [0.1, 0.15) is 27.7 Å². The summed E-state index contributed by atoms with van der Waals surface area (Å²) in [6.07, 6.45) is 1.55. The van der Waals surface area contributed by atoms with E-state index in [1.165, 1.54) is 36.5 Å². The highest BCUT2D eigenvalue weighted by Crippen LogP contribution is 2.28. The van der Waals surface area contributed by atoms with Crippen molar-refractivity contribution < 1.29 is 22.3 Å². The predicted octanol–water partition coefficient (Wildman–Crippen LogP) is 4.22. The second kappa shape index (κ2) is 8.08. The highest BCUT2D eigenvalue weighted by atomic mass is 35.5. The maximum Gasteiger partial charge on any atom is 0.339 e. The van der Waals surface area contributed by atoms with Gasteiger partial charge in [-0.2, -0.15) is 0 Å². The van der Waals surface area contributed by atoms with E-state index in [2.05, 4.69) is 4.98 Å². The third kappa shape index (κ3) is 4.55. The molecule has 3 rings (SSSR count).